The highest BCUT2D eigenvalue weighted by molar-refractivity contribution is 5.38. The second-order valence-corrected chi connectivity index (χ2v) is 4.00. The third-order valence-corrected chi connectivity index (χ3v) is 2.53. The van der Waals surface area contributed by atoms with Gasteiger partial charge in [-0.05, 0) is 24.1 Å². The number of nitrogens with zero attached hydrogens (tertiary/aromatic N) is 2. The molecule has 0 unspecified atom stereocenters. The fourth-order valence-electron chi connectivity index (χ4n) is 1.50. The Morgan fingerprint density at radius 2 is 1.94 bits per heavy atom. The van der Waals surface area contributed by atoms with E-state index in [2.05, 4.69) is 10.3 Å². The van der Waals surface area contributed by atoms with Gasteiger partial charge in [0, 0.05) is 24.9 Å². The van der Waals surface area contributed by atoms with Crippen molar-refractivity contribution >= 4 is 11.5 Å². The molecule has 0 amide bonds. The lowest BCUT2D eigenvalue weighted by Gasteiger charge is -2.05. The van der Waals surface area contributed by atoms with Crippen molar-refractivity contribution in [2.24, 2.45) is 0 Å². The number of hydrogen-bond acceptors (Lipinski definition) is 4. The Labute approximate surface area is 105 Å². The molecule has 1 aromatic carbocycles. The second kappa shape index (κ2) is 5.27. The summed E-state index contributed by atoms with van der Waals surface area (Å²) in [4.78, 5) is 14.3. The Morgan fingerprint density at radius 1 is 1.22 bits per heavy atom. The van der Waals surface area contributed by atoms with Crippen LogP contribution in [0.2, 0.25) is 0 Å². The van der Waals surface area contributed by atoms with Gasteiger partial charge in [0.05, 0.1) is 4.92 Å². The summed E-state index contributed by atoms with van der Waals surface area (Å²) in [7, 11) is 0. The Hall–Kier alpha value is -2.43. The average molecular weight is 243 g/mol. The number of non-ortho nitro benzene ring substituents is 1. The maximum Gasteiger partial charge on any atom is 0.269 e. The molecule has 0 aliphatic heterocycles. The van der Waals surface area contributed by atoms with E-state index in [0.717, 1.165) is 16.9 Å². The molecule has 0 aliphatic rings. The van der Waals surface area contributed by atoms with Crippen LogP contribution in [0, 0.1) is 17.0 Å². The van der Waals surface area contributed by atoms with Crippen LogP contribution in [-0.4, -0.2) is 9.91 Å². The molecule has 0 spiro atoms. The van der Waals surface area contributed by atoms with Gasteiger partial charge in [-0.15, -0.1) is 0 Å². The van der Waals surface area contributed by atoms with E-state index in [4.69, 9.17) is 0 Å². The zero-order valence-corrected chi connectivity index (χ0v) is 9.96. The molecule has 5 heteroatoms. The Kier molecular flexibility index (Phi) is 3.52. The maximum atomic E-state index is 10.5. The molecule has 0 saturated carbocycles. The molecule has 2 aromatic rings. The molecule has 0 saturated heterocycles. The largest absolute Gasteiger partial charge is 0.366 e. The first kappa shape index (κ1) is 12.0. The van der Waals surface area contributed by atoms with Gasteiger partial charge in [0.25, 0.3) is 5.69 Å². The third kappa shape index (κ3) is 3.04. The minimum absolute atomic E-state index is 0.104. The van der Waals surface area contributed by atoms with Crippen LogP contribution in [0.3, 0.4) is 0 Å². The number of nitro benzene ring substituents is 1. The highest BCUT2D eigenvalue weighted by Crippen LogP contribution is 2.13. The Balaban J connectivity index is 1.97. The van der Waals surface area contributed by atoms with Crippen molar-refractivity contribution < 1.29 is 4.92 Å². The topological polar surface area (TPSA) is 68.1 Å². The van der Waals surface area contributed by atoms with Crippen LogP contribution in [0.25, 0.3) is 0 Å². The standard InChI is InChI=1S/C13H13N3O2/c1-10-2-7-13(14-8-10)15-9-11-3-5-12(6-4-11)16(17)18/h2-8H,9H2,1H3,(H,14,15). The molecule has 1 heterocycles. The fraction of sp³-hybridized carbons (Fsp3) is 0.154. The number of rotatable bonds is 4. The molecular formula is C13H13N3O2. The summed E-state index contributed by atoms with van der Waals surface area (Å²) in [5, 5.41) is 13.7. The van der Waals surface area contributed by atoms with Gasteiger partial charge in [0.1, 0.15) is 5.82 Å². The number of aromatic nitrogens is 1. The summed E-state index contributed by atoms with van der Waals surface area (Å²) in [5.41, 5.74) is 2.19. The quantitative estimate of drug-likeness (QED) is 0.662. The van der Waals surface area contributed by atoms with Crippen LogP contribution in [-0.2, 0) is 6.54 Å². The van der Waals surface area contributed by atoms with Crippen molar-refractivity contribution in [2.45, 2.75) is 13.5 Å². The zero-order valence-electron chi connectivity index (χ0n) is 9.96. The summed E-state index contributed by atoms with van der Waals surface area (Å²) in [6.45, 7) is 2.57. The van der Waals surface area contributed by atoms with Gasteiger partial charge in [-0.3, -0.25) is 10.1 Å². The molecule has 0 radical (unpaired) electrons. The molecule has 0 aliphatic carbocycles. The van der Waals surface area contributed by atoms with Crippen LogP contribution in [0.4, 0.5) is 11.5 Å². The highest BCUT2D eigenvalue weighted by Gasteiger charge is 2.03. The molecule has 18 heavy (non-hydrogen) atoms. The summed E-state index contributed by atoms with van der Waals surface area (Å²) in [6, 6.07) is 10.4. The van der Waals surface area contributed by atoms with Crippen LogP contribution in [0.1, 0.15) is 11.1 Å². The minimum atomic E-state index is -0.404. The molecular weight excluding hydrogens is 230 g/mol. The van der Waals surface area contributed by atoms with E-state index in [1.165, 1.54) is 12.1 Å². The van der Waals surface area contributed by atoms with Gasteiger partial charge in [0.2, 0.25) is 0 Å². The minimum Gasteiger partial charge on any atom is -0.366 e. The van der Waals surface area contributed by atoms with Crippen molar-refractivity contribution in [3.05, 3.63) is 63.8 Å². The Bertz CT molecular complexity index is 535. The number of aryl methyl sites for hydroxylation is 1. The molecule has 0 fully saturated rings. The van der Waals surface area contributed by atoms with Gasteiger partial charge in [-0.1, -0.05) is 18.2 Å². The van der Waals surface area contributed by atoms with E-state index >= 15 is 0 Å². The normalized spacial score (nSPS) is 10.1. The average Bonchev–Trinajstić information content (AvgIpc) is 2.38. The lowest BCUT2D eigenvalue weighted by molar-refractivity contribution is -0.384. The molecule has 2 rings (SSSR count). The monoisotopic (exact) mass is 243 g/mol. The SMILES string of the molecule is Cc1ccc(NCc2ccc([N+](=O)[O-])cc2)nc1. The highest BCUT2D eigenvalue weighted by atomic mass is 16.6. The van der Waals surface area contributed by atoms with Crippen LogP contribution in [0.5, 0.6) is 0 Å². The fourth-order valence-corrected chi connectivity index (χ4v) is 1.50. The van der Waals surface area contributed by atoms with Gasteiger partial charge in [-0.25, -0.2) is 4.98 Å². The van der Waals surface area contributed by atoms with E-state index in [9.17, 15) is 10.1 Å². The maximum absolute atomic E-state index is 10.5. The molecule has 0 bridgehead atoms. The summed E-state index contributed by atoms with van der Waals surface area (Å²) in [6.07, 6.45) is 1.79. The van der Waals surface area contributed by atoms with Crippen molar-refractivity contribution in [3.63, 3.8) is 0 Å². The summed E-state index contributed by atoms with van der Waals surface area (Å²) < 4.78 is 0. The van der Waals surface area contributed by atoms with E-state index in [1.807, 2.05) is 19.1 Å². The lowest BCUT2D eigenvalue weighted by Crippen LogP contribution is -2.01. The van der Waals surface area contributed by atoms with Crippen molar-refractivity contribution in [1.29, 1.82) is 0 Å². The number of hydrogen-bond donors (Lipinski definition) is 1. The first-order valence-electron chi connectivity index (χ1n) is 5.55. The van der Waals surface area contributed by atoms with Gasteiger partial charge in [0.15, 0.2) is 0 Å². The van der Waals surface area contributed by atoms with Gasteiger partial charge in [-0.2, -0.15) is 0 Å². The van der Waals surface area contributed by atoms with Crippen LogP contribution < -0.4 is 5.32 Å². The number of anilines is 1. The number of benzene rings is 1. The first-order valence-corrected chi connectivity index (χ1v) is 5.55. The third-order valence-electron chi connectivity index (χ3n) is 2.53. The van der Waals surface area contributed by atoms with E-state index < -0.39 is 4.92 Å². The number of pyridine rings is 1. The van der Waals surface area contributed by atoms with Crippen molar-refractivity contribution in [1.82, 2.24) is 4.98 Å². The Morgan fingerprint density at radius 3 is 2.50 bits per heavy atom. The predicted octanol–water partition coefficient (Wildman–Crippen LogP) is 2.91. The first-order chi connectivity index (χ1) is 8.65. The van der Waals surface area contributed by atoms with Crippen LogP contribution in [0.15, 0.2) is 42.6 Å². The van der Waals surface area contributed by atoms with Crippen molar-refractivity contribution in [2.75, 3.05) is 5.32 Å². The smallest absolute Gasteiger partial charge is 0.269 e. The lowest BCUT2D eigenvalue weighted by atomic mass is 10.2. The molecule has 92 valence electrons. The number of nitro groups is 1. The molecule has 1 aromatic heterocycles. The van der Waals surface area contributed by atoms with Crippen LogP contribution >= 0.6 is 0 Å². The van der Waals surface area contributed by atoms with Gasteiger partial charge >= 0.3 is 0 Å². The van der Waals surface area contributed by atoms with E-state index in [0.29, 0.717) is 6.54 Å². The molecule has 1 N–H and O–H groups in total. The van der Waals surface area contributed by atoms with E-state index in [1.54, 1.807) is 18.3 Å². The summed E-state index contributed by atoms with van der Waals surface area (Å²) >= 11 is 0. The molecule has 0 atom stereocenters. The van der Waals surface area contributed by atoms with Crippen molar-refractivity contribution in [3.8, 4) is 0 Å². The summed E-state index contributed by atoms with van der Waals surface area (Å²) in [5.74, 6) is 0.791. The zero-order chi connectivity index (χ0) is 13.0. The van der Waals surface area contributed by atoms with E-state index in [-0.39, 0.29) is 5.69 Å². The number of nitrogens with one attached hydrogen (secondary N) is 1. The molecule has 5 nitrogen and oxygen atoms in total. The predicted molar refractivity (Wildman–Crippen MR) is 69.4 cm³/mol. The van der Waals surface area contributed by atoms with Gasteiger partial charge < -0.3 is 5.32 Å². The second-order valence-electron chi connectivity index (χ2n) is 4.00.